The minimum absolute atomic E-state index is 0.00181. The standard InChI is InChI=1S/C27H36FN3O6S/c1-18(2)15-24-26(33)29-21(17-32)5-3-4-14-37-22-10-6-19(7-11-22)16-25(27(34)30-24)31-38(35,36)23-12-8-20(28)9-13-23/h6-13,18,21,24-25,31-32H,3-5,14-17H2,1-2H3,(H,29,33)(H,30,34)/t21-,24-,25-/m0/s1. The van der Waals surface area contributed by atoms with E-state index in [2.05, 4.69) is 15.4 Å². The monoisotopic (exact) mass is 549 g/mol. The quantitative estimate of drug-likeness (QED) is 0.437. The van der Waals surface area contributed by atoms with Crippen molar-refractivity contribution in [3.05, 3.63) is 59.9 Å². The Morgan fingerprint density at radius 3 is 2.34 bits per heavy atom. The normalized spacial score (nSPS) is 21.9. The molecule has 0 spiro atoms. The van der Waals surface area contributed by atoms with Crippen LogP contribution in [0.1, 0.15) is 45.1 Å². The molecule has 4 N–H and O–H groups in total. The second-order valence-electron chi connectivity index (χ2n) is 9.90. The maximum atomic E-state index is 13.5. The first-order valence-corrected chi connectivity index (χ1v) is 14.3. The first-order chi connectivity index (χ1) is 18.1. The van der Waals surface area contributed by atoms with Gasteiger partial charge in [0.05, 0.1) is 24.2 Å². The SMILES string of the molecule is CC(C)C[C@@H]1NC(=O)[C@@H](NS(=O)(=O)c2ccc(F)cc2)Cc2ccc(cc2)OCCCC[C@@H](CO)NC1=O. The van der Waals surface area contributed by atoms with E-state index in [9.17, 15) is 27.5 Å². The summed E-state index contributed by atoms with van der Waals surface area (Å²) >= 11 is 0. The van der Waals surface area contributed by atoms with Gasteiger partial charge in [0, 0.05) is 0 Å². The molecule has 2 aliphatic heterocycles. The largest absolute Gasteiger partial charge is 0.494 e. The summed E-state index contributed by atoms with van der Waals surface area (Å²) < 4.78 is 47.7. The number of fused-ring (bicyclic) bond motifs is 14. The van der Waals surface area contributed by atoms with Crippen LogP contribution >= 0.6 is 0 Å². The minimum atomic E-state index is -4.19. The highest BCUT2D eigenvalue weighted by Gasteiger charge is 2.31. The highest BCUT2D eigenvalue weighted by atomic mass is 32.2. The number of carbonyl (C=O) groups is 2. The molecule has 0 saturated carbocycles. The molecule has 4 rings (SSSR count). The number of hydrogen-bond acceptors (Lipinski definition) is 6. The van der Waals surface area contributed by atoms with Gasteiger partial charge in [-0.05, 0) is 80.0 Å². The summed E-state index contributed by atoms with van der Waals surface area (Å²) in [4.78, 5) is 26.4. The molecule has 38 heavy (non-hydrogen) atoms. The molecule has 11 heteroatoms. The van der Waals surface area contributed by atoms with Gasteiger partial charge in [0.1, 0.15) is 23.7 Å². The van der Waals surface area contributed by atoms with Crippen molar-refractivity contribution in [3.63, 3.8) is 0 Å². The van der Waals surface area contributed by atoms with Gasteiger partial charge >= 0.3 is 0 Å². The summed E-state index contributed by atoms with van der Waals surface area (Å²) in [6.45, 7) is 4.02. The number of aliphatic hydroxyl groups excluding tert-OH is 1. The van der Waals surface area contributed by atoms with Crippen molar-refractivity contribution in [1.29, 1.82) is 0 Å². The molecule has 208 valence electrons. The summed E-state index contributed by atoms with van der Waals surface area (Å²) in [5, 5.41) is 15.3. The van der Waals surface area contributed by atoms with E-state index in [0.29, 0.717) is 30.8 Å². The summed E-state index contributed by atoms with van der Waals surface area (Å²) in [6, 6.07) is 8.59. The lowest BCUT2D eigenvalue weighted by atomic mass is 10.0. The van der Waals surface area contributed by atoms with Gasteiger partial charge in [0.15, 0.2) is 0 Å². The van der Waals surface area contributed by atoms with Gasteiger partial charge in [-0.15, -0.1) is 0 Å². The molecule has 2 amide bonds. The minimum Gasteiger partial charge on any atom is -0.494 e. The molecule has 0 fully saturated rings. The Hall–Kier alpha value is -3.02. The van der Waals surface area contributed by atoms with E-state index in [1.165, 1.54) is 0 Å². The molecule has 0 unspecified atom stereocenters. The third-order valence-electron chi connectivity index (χ3n) is 6.22. The van der Waals surface area contributed by atoms with Crippen molar-refractivity contribution < 1.29 is 32.2 Å². The lowest BCUT2D eigenvalue weighted by molar-refractivity contribution is -0.130. The zero-order valence-electron chi connectivity index (χ0n) is 21.7. The van der Waals surface area contributed by atoms with E-state index >= 15 is 0 Å². The van der Waals surface area contributed by atoms with Crippen molar-refractivity contribution in [2.24, 2.45) is 5.92 Å². The summed E-state index contributed by atoms with van der Waals surface area (Å²) in [5.74, 6) is -1.03. The van der Waals surface area contributed by atoms with Gasteiger partial charge in [-0.3, -0.25) is 9.59 Å². The molecule has 0 saturated heterocycles. The number of aliphatic hydroxyl groups is 1. The van der Waals surface area contributed by atoms with Crippen LogP contribution in [0.25, 0.3) is 0 Å². The lowest BCUT2D eigenvalue weighted by Crippen LogP contribution is -2.56. The molecular weight excluding hydrogens is 513 g/mol. The van der Waals surface area contributed by atoms with Crippen LogP contribution in [0.3, 0.4) is 0 Å². The Morgan fingerprint density at radius 1 is 1.03 bits per heavy atom. The molecule has 2 aliphatic rings. The molecule has 3 atom stereocenters. The topological polar surface area (TPSA) is 134 Å². The number of sulfonamides is 1. The molecule has 0 aromatic heterocycles. The highest BCUT2D eigenvalue weighted by molar-refractivity contribution is 7.89. The van der Waals surface area contributed by atoms with Crippen LogP contribution in [0.5, 0.6) is 5.75 Å². The Labute approximate surface area is 223 Å². The smallest absolute Gasteiger partial charge is 0.242 e. The van der Waals surface area contributed by atoms with Crippen LogP contribution in [0.4, 0.5) is 4.39 Å². The Kier molecular flexibility index (Phi) is 10.6. The number of rotatable bonds is 6. The van der Waals surface area contributed by atoms with Gasteiger partial charge in [-0.1, -0.05) is 26.0 Å². The zero-order valence-corrected chi connectivity index (χ0v) is 22.5. The summed E-state index contributed by atoms with van der Waals surface area (Å²) in [5.41, 5.74) is 0.675. The Bertz CT molecular complexity index is 1170. The van der Waals surface area contributed by atoms with Crippen LogP contribution in [-0.2, 0) is 26.0 Å². The molecule has 2 heterocycles. The van der Waals surface area contributed by atoms with E-state index in [-0.39, 0.29) is 23.8 Å². The Balaban J connectivity index is 1.93. The number of halogens is 1. The van der Waals surface area contributed by atoms with Gasteiger partial charge < -0.3 is 20.5 Å². The predicted octanol–water partition coefficient (Wildman–Crippen LogP) is 2.29. The average Bonchev–Trinajstić information content (AvgIpc) is 2.87. The van der Waals surface area contributed by atoms with Crippen molar-refractivity contribution in [1.82, 2.24) is 15.4 Å². The third-order valence-corrected chi connectivity index (χ3v) is 7.71. The maximum Gasteiger partial charge on any atom is 0.242 e. The second-order valence-corrected chi connectivity index (χ2v) is 11.6. The second kappa shape index (κ2) is 13.7. The van der Waals surface area contributed by atoms with Crippen LogP contribution in [0.2, 0.25) is 0 Å². The van der Waals surface area contributed by atoms with Gasteiger partial charge in [-0.25, -0.2) is 12.8 Å². The van der Waals surface area contributed by atoms with Crippen molar-refractivity contribution >= 4 is 21.8 Å². The fourth-order valence-electron chi connectivity index (χ4n) is 4.18. The molecule has 2 aromatic carbocycles. The molecular formula is C27H36FN3O6S. The fourth-order valence-corrected chi connectivity index (χ4v) is 5.38. The first kappa shape index (κ1) is 29.5. The van der Waals surface area contributed by atoms with Crippen molar-refractivity contribution in [2.75, 3.05) is 13.2 Å². The number of carbonyl (C=O) groups excluding carboxylic acids is 2. The van der Waals surface area contributed by atoms with Gasteiger partial charge in [0.25, 0.3) is 0 Å². The number of ether oxygens (including phenoxy) is 1. The first-order valence-electron chi connectivity index (χ1n) is 12.8. The lowest BCUT2D eigenvalue weighted by Gasteiger charge is -2.26. The summed E-state index contributed by atoms with van der Waals surface area (Å²) in [6.07, 6.45) is 2.30. The third kappa shape index (κ3) is 8.78. The number of benzene rings is 2. The number of amides is 2. The Morgan fingerprint density at radius 2 is 1.71 bits per heavy atom. The van der Waals surface area contributed by atoms with Crippen LogP contribution in [0.15, 0.2) is 53.4 Å². The van der Waals surface area contributed by atoms with Crippen molar-refractivity contribution in [2.45, 2.75) is 69.0 Å². The molecule has 0 aliphatic carbocycles. The highest BCUT2D eigenvalue weighted by Crippen LogP contribution is 2.17. The van der Waals surface area contributed by atoms with E-state index in [0.717, 1.165) is 37.1 Å². The fraction of sp³-hybridized carbons (Fsp3) is 0.481. The predicted molar refractivity (Wildman–Crippen MR) is 140 cm³/mol. The van der Waals surface area contributed by atoms with Crippen molar-refractivity contribution in [3.8, 4) is 5.75 Å². The zero-order chi connectivity index (χ0) is 27.7. The van der Waals surface area contributed by atoms with Crippen LogP contribution < -0.4 is 20.1 Å². The van der Waals surface area contributed by atoms with E-state index in [4.69, 9.17) is 4.74 Å². The van der Waals surface area contributed by atoms with Crippen LogP contribution in [-0.4, -0.2) is 56.7 Å². The maximum absolute atomic E-state index is 13.5. The summed E-state index contributed by atoms with van der Waals surface area (Å²) in [7, 11) is -4.19. The van der Waals surface area contributed by atoms with Gasteiger partial charge in [0.2, 0.25) is 21.8 Å². The molecule has 2 bridgehead atoms. The number of hydrogen-bond donors (Lipinski definition) is 4. The van der Waals surface area contributed by atoms with Crippen LogP contribution in [0, 0.1) is 11.7 Å². The molecule has 2 aromatic rings. The van der Waals surface area contributed by atoms with E-state index in [1.54, 1.807) is 24.3 Å². The van der Waals surface area contributed by atoms with E-state index < -0.39 is 45.8 Å². The van der Waals surface area contributed by atoms with Gasteiger partial charge in [-0.2, -0.15) is 4.72 Å². The molecule has 9 nitrogen and oxygen atoms in total. The average molecular weight is 550 g/mol. The molecule has 0 radical (unpaired) electrons. The number of nitrogens with one attached hydrogen (secondary N) is 3. The van der Waals surface area contributed by atoms with E-state index in [1.807, 2.05) is 13.8 Å².